The van der Waals surface area contributed by atoms with Crippen molar-refractivity contribution in [1.82, 2.24) is 0 Å². The molecule has 3 nitrogen and oxygen atoms in total. The van der Waals surface area contributed by atoms with Crippen molar-refractivity contribution in [2.24, 2.45) is 0 Å². The van der Waals surface area contributed by atoms with E-state index in [1.165, 1.54) is 12.1 Å². The van der Waals surface area contributed by atoms with Crippen molar-refractivity contribution in [3.8, 4) is 0 Å². The zero-order valence-corrected chi connectivity index (χ0v) is 16.5. The van der Waals surface area contributed by atoms with Crippen molar-refractivity contribution >= 4 is 19.3 Å². The van der Waals surface area contributed by atoms with Gasteiger partial charge in [-0.1, -0.05) is 65.5 Å². The molecule has 1 aromatic rings. The third-order valence-electron chi connectivity index (χ3n) is 5.19. The first-order valence-corrected chi connectivity index (χ1v) is 10.6. The number of rotatable bonds is 7. The van der Waals surface area contributed by atoms with Crippen molar-refractivity contribution in [2.45, 2.75) is 58.2 Å². The summed E-state index contributed by atoms with van der Waals surface area (Å²) in [7, 11) is -2.11. The van der Waals surface area contributed by atoms with Crippen molar-refractivity contribution in [3.63, 3.8) is 0 Å². The molecule has 0 fully saturated rings. The molecule has 0 radical (unpaired) electrons. The molecule has 0 aromatic heterocycles. The number of non-ortho nitro benzene ring substituents is 1. The summed E-state index contributed by atoms with van der Waals surface area (Å²) in [6, 6.07) is 6.15. The molecule has 0 saturated heterocycles. The molecule has 0 aliphatic rings. The number of hydrogen-bond donors (Lipinski definition) is 0. The minimum Gasteiger partial charge on any atom is -0.258 e. The van der Waals surface area contributed by atoms with Gasteiger partial charge >= 0.3 is 0 Å². The van der Waals surface area contributed by atoms with Crippen LogP contribution in [0.25, 0.3) is 5.57 Å². The molecule has 5 heteroatoms. The SMILES string of the molecule is C=C(/C(=C/F)c1cccc([N+](=O)[O-])c1)[Si](C(C)C)(C(C)C)C(C)C. The molecule has 0 heterocycles. The molecule has 0 aliphatic carbocycles. The fraction of sp³-hybridized carbons (Fsp3) is 0.474. The van der Waals surface area contributed by atoms with Gasteiger partial charge in [-0.15, -0.1) is 0 Å². The van der Waals surface area contributed by atoms with E-state index in [9.17, 15) is 14.5 Å². The maximum absolute atomic E-state index is 13.9. The Morgan fingerprint density at radius 1 is 1.17 bits per heavy atom. The van der Waals surface area contributed by atoms with Crippen LogP contribution in [0, 0.1) is 10.1 Å². The topological polar surface area (TPSA) is 43.1 Å². The Balaban J connectivity index is 3.51. The Morgan fingerprint density at radius 2 is 1.67 bits per heavy atom. The van der Waals surface area contributed by atoms with E-state index in [0.717, 1.165) is 5.20 Å². The van der Waals surface area contributed by atoms with Crippen LogP contribution in [0.3, 0.4) is 0 Å². The first kappa shape index (κ1) is 20.3. The number of hydrogen-bond acceptors (Lipinski definition) is 2. The Kier molecular flexibility index (Phi) is 6.66. The van der Waals surface area contributed by atoms with E-state index in [4.69, 9.17) is 0 Å². The lowest BCUT2D eigenvalue weighted by Crippen LogP contribution is -2.46. The largest absolute Gasteiger partial charge is 0.270 e. The van der Waals surface area contributed by atoms with Gasteiger partial charge in [-0.05, 0) is 22.2 Å². The second-order valence-electron chi connectivity index (χ2n) is 7.21. The lowest BCUT2D eigenvalue weighted by molar-refractivity contribution is -0.384. The zero-order valence-electron chi connectivity index (χ0n) is 15.5. The fourth-order valence-electron chi connectivity index (χ4n) is 4.37. The number of benzene rings is 1. The minimum absolute atomic E-state index is 0.0365. The summed E-state index contributed by atoms with van der Waals surface area (Å²) in [5.74, 6) is 0. The molecule has 0 atom stereocenters. The second kappa shape index (κ2) is 7.88. The average molecular weight is 350 g/mol. The number of nitro benzene ring substituents is 1. The van der Waals surface area contributed by atoms with Gasteiger partial charge in [0, 0.05) is 17.7 Å². The normalized spacial score (nSPS) is 13.0. The van der Waals surface area contributed by atoms with Crippen LogP contribution >= 0.6 is 0 Å². The lowest BCUT2D eigenvalue weighted by Gasteiger charge is -2.45. The van der Waals surface area contributed by atoms with E-state index in [-0.39, 0.29) is 5.69 Å². The van der Waals surface area contributed by atoms with Gasteiger partial charge in [0.25, 0.3) is 5.69 Å². The summed E-state index contributed by atoms with van der Waals surface area (Å²) in [4.78, 5) is 10.6. The van der Waals surface area contributed by atoms with Crippen LogP contribution in [-0.2, 0) is 0 Å². The monoisotopic (exact) mass is 349 g/mol. The predicted molar refractivity (Wildman–Crippen MR) is 102 cm³/mol. The van der Waals surface area contributed by atoms with Gasteiger partial charge in [0.05, 0.1) is 19.3 Å². The van der Waals surface area contributed by atoms with Gasteiger partial charge < -0.3 is 0 Å². The van der Waals surface area contributed by atoms with E-state index in [2.05, 4.69) is 48.1 Å². The van der Waals surface area contributed by atoms with Crippen molar-refractivity contribution in [2.75, 3.05) is 0 Å². The number of allylic oxidation sites excluding steroid dienone is 2. The molecule has 132 valence electrons. The van der Waals surface area contributed by atoms with Crippen LogP contribution in [0.5, 0.6) is 0 Å². The quantitative estimate of drug-likeness (QED) is 0.238. The predicted octanol–water partition coefficient (Wildman–Crippen LogP) is 6.68. The van der Waals surface area contributed by atoms with Crippen molar-refractivity contribution < 1.29 is 9.31 Å². The molecule has 24 heavy (non-hydrogen) atoms. The molecule has 0 amide bonds. The molecular weight excluding hydrogens is 321 g/mol. The molecule has 0 unspecified atom stereocenters. The molecule has 0 bridgehead atoms. The maximum atomic E-state index is 13.9. The minimum atomic E-state index is -2.11. The van der Waals surface area contributed by atoms with Crippen LogP contribution in [0.2, 0.25) is 16.6 Å². The summed E-state index contributed by atoms with van der Waals surface area (Å²) in [5, 5.41) is 11.9. The van der Waals surface area contributed by atoms with Gasteiger partial charge in [0.1, 0.15) is 0 Å². The average Bonchev–Trinajstić information content (AvgIpc) is 2.47. The first-order valence-electron chi connectivity index (χ1n) is 8.35. The first-order chi connectivity index (χ1) is 11.1. The molecule has 1 aromatic carbocycles. The molecule has 0 saturated carbocycles. The summed E-state index contributed by atoms with van der Waals surface area (Å²) < 4.78 is 13.9. The Morgan fingerprint density at radius 3 is 2.04 bits per heavy atom. The van der Waals surface area contributed by atoms with E-state index in [1.807, 2.05) is 0 Å². The molecule has 0 N–H and O–H groups in total. The lowest BCUT2D eigenvalue weighted by atomic mass is 10.1. The van der Waals surface area contributed by atoms with Crippen LogP contribution in [0.15, 0.2) is 42.4 Å². The Bertz CT molecular complexity index is 629. The highest BCUT2D eigenvalue weighted by atomic mass is 28.3. The molecule has 1 rings (SSSR count). The highest BCUT2D eigenvalue weighted by molar-refractivity contribution is 6.91. The van der Waals surface area contributed by atoms with Crippen molar-refractivity contribution in [3.05, 3.63) is 58.0 Å². The third kappa shape index (κ3) is 3.51. The number of nitro groups is 1. The van der Waals surface area contributed by atoms with E-state index in [1.54, 1.807) is 12.1 Å². The van der Waals surface area contributed by atoms with Crippen LogP contribution in [0.4, 0.5) is 10.1 Å². The third-order valence-corrected chi connectivity index (χ3v) is 12.2. The highest BCUT2D eigenvalue weighted by Gasteiger charge is 2.46. The summed E-state index contributed by atoms with van der Waals surface area (Å²) in [5.41, 5.74) is 2.05. The van der Waals surface area contributed by atoms with Gasteiger partial charge in [-0.2, -0.15) is 0 Å². The van der Waals surface area contributed by atoms with Crippen LogP contribution < -0.4 is 0 Å². The highest BCUT2D eigenvalue weighted by Crippen LogP contribution is 2.49. The van der Waals surface area contributed by atoms with Crippen LogP contribution in [0.1, 0.15) is 47.1 Å². The van der Waals surface area contributed by atoms with Crippen LogP contribution in [-0.4, -0.2) is 13.0 Å². The molecule has 0 aliphatic heterocycles. The fourth-order valence-corrected chi connectivity index (χ4v) is 11.1. The zero-order chi connectivity index (χ0) is 18.7. The van der Waals surface area contributed by atoms with Crippen molar-refractivity contribution in [1.29, 1.82) is 0 Å². The Hall–Kier alpha value is -1.75. The molecule has 0 spiro atoms. The number of halogens is 1. The van der Waals surface area contributed by atoms with Gasteiger partial charge in [0.2, 0.25) is 0 Å². The summed E-state index contributed by atoms with van der Waals surface area (Å²) in [6.07, 6.45) is 0.566. The smallest absolute Gasteiger partial charge is 0.258 e. The van der Waals surface area contributed by atoms with E-state index < -0.39 is 13.0 Å². The standard InChI is InChI=1S/C19H28FNO2Si/c1-13(2)24(14(3)4,15(5)6)16(7)19(12-20)17-9-8-10-18(11-17)21(22)23/h8-15H,7H2,1-6H3/b19-12-. The number of nitrogens with zero attached hydrogens (tertiary/aromatic N) is 1. The van der Waals surface area contributed by atoms with E-state index >= 15 is 0 Å². The van der Waals surface area contributed by atoms with Gasteiger partial charge in [0.15, 0.2) is 0 Å². The molecular formula is C19H28FNO2Si. The summed E-state index contributed by atoms with van der Waals surface area (Å²) in [6.45, 7) is 17.4. The second-order valence-corrected chi connectivity index (χ2v) is 13.1. The Labute approximate surface area is 145 Å². The van der Waals surface area contributed by atoms with Gasteiger partial charge in [-0.3, -0.25) is 10.1 Å². The van der Waals surface area contributed by atoms with E-state index in [0.29, 0.717) is 34.1 Å². The van der Waals surface area contributed by atoms with Gasteiger partial charge in [-0.25, -0.2) is 4.39 Å². The summed E-state index contributed by atoms with van der Waals surface area (Å²) >= 11 is 0. The maximum Gasteiger partial charge on any atom is 0.270 e.